The fourth-order valence-corrected chi connectivity index (χ4v) is 7.12. The number of tetrazole rings is 1. The number of esters is 1. The third-order valence-corrected chi connectivity index (χ3v) is 9.51. The number of ether oxygens (including phenoxy) is 1. The van der Waals surface area contributed by atoms with Gasteiger partial charge in [0, 0.05) is 29.1 Å². The van der Waals surface area contributed by atoms with Gasteiger partial charge in [-0.15, -0.1) is 10.2 Å². The Hall–Kier alpha value is -6.48. The van der Waals surface area contributed by atoms with Gasteiger partial charge in [-0.3, -0.25) is 9.78 Å². The fraction of sp³-hybridized carbons (Fsp3) is 0.163. The Morgan fingerprint density at radius 2 is 1.42 bits per heavy atom. The highest BCUT2D eigenvalue weighted by molar-refractivity contribution is 5.89. The average molecular weight is 687 g/mol. The second-order valence-electron chi connectivity index (χ2n) is 12.6. The zero-order valence-electron chi connectivity index (χ0n) is 29.1. The van der Waals surface area contributed by atoms with Gasteiger partial charge in [-0.2, -0.15) is 5.21 Å². The minimum atomic E-state index is -0.820. The van der Waals surface area contributed by atoms with E-state index in [-0.39, 0.29) is 11.1 Å². The molecule has 4 aromatic carbocycles. The molecule has 0 atom stereocenters. The Morgan fingerprint density at radius 3 is 1.96 bits per heavy atom. The van der Waals surface area contributed by atoms with Crippen molar-refractivity contribution in [2.24, 2.45) is 0 Å². The highest BCUT2D eigenvalue weighted by atomic mass is 16.5. The molecule has 7 aromatic rings. The molecule has 3 heterocycles. The van der Waals surface area contributed by atoms with Crippen molar-refractivity contribution in [3.8, 4) is 22.6 Å². The number of benzene rings is 4. The summed E-state index contributed by atoms with van der Waals surface area (Å²) in [4.78, 5) is 30.7. The van der Waals surface area contributed by atoms with Gasteiger partial charge in [0.1, 0.15) is 0 Å². The Kier molecular flexibility index (Phi) is 9.93. The molecule has 0 radical (unpaired) electrons. The Labute approximate surface area is 302 Å². The minimum absolute atomic E-state index is 0.258. The SMILES string of the molecule is CCCCc1cc(C(=O)OC)cc(=O)n1Cc1ccc(-c2cccc(-c3nn[nH]n3)c2C(c2ccccc2)(c2ccccc2)c2ccccc2)nc1. The lowest BCUT2D eigenvalue weighted by atomic mass is 9.62. The molecule has 9 nitrogen and oxygen atoms in total. The second kappa shape index (κ2) is 15.2. The van der Waals surface area contributed by atoms with Gasteiger partial charge >= 0.3 is 5.97 Å². The zero-order chi connectivity index (χ0) is 35.9. The summed E-state index contributed by atoms with van der Waals surface area (Å²) in [6.45, 7) is 2.41. The fourth-order valence-electron chi connectivity index (χ4n) is 7.12. The summed E-state index contributed by atoms with van der Waals surface area (Å²) in [5.74, 6) is -0.0560. The smallest absolute Gasteiger partial charge is 0.338 e. The molecular formula is C43H38N6O3. The molecule has 1 N–H and O–H groups in total. The number of aryl methyl sites for hydroxylation is 1. The number of H-pyrrole nitrogens is 1. The number of pyridine rings is 2. The maximum absolute atomic E-state index is 13.4. The number of hydrogen-bond acceptors (Lipinski definition) is 7. The van der Waals surface area contributed by atoms with Crippen molar-refractivity contribution in [2.75, 3.05) is 7.11 Å². The monoisotopic (exact) mass is 686 g/mol. The molecule has 258 valence electrons. The topological polar surface area (TPSA) is 116 Å². The summed E-state index contributed by atoms with van der Waals surface area (Å²) in [6, 6.07) is 44.6. The van der Waals surface area contributed by atoms with Gasteiger partial charge < -0.3 is 9.30 Å². The van der Waals surface area contributed by atoms with Gasteiger partial charge in [-0.25, -0.2) is 4.79 Å². The highest BCUT2D eigenvalue weighted by Gasteiger charge is 2.42. The predicted molar refractivity (Wildman–Crippen MR) is 201 cm³/mol. The van der Waals surface area contributed by atoms with Crippen molar-refractivity contribution in [3.05, 3.63) is 189 Å². The van der Waals surface area contributed by atoms with E-state index < -0.39 is 11.4 Å². The van der Waals surface area contributed by atoms with Crippen molar-refractivity contribution in [2.45, 2.75) is 38.1 Å². The van der Waals surface area contributed by atoms with E-state index >= 15 is 0 Å². The number of carbonyl (C=O) groups excluding carboxylic acids is 1. The molecule has 0 saturated heterocycles. The molecule has 0 aliphatic carbocycles. The minimum Gasteiger partial charge on any atom is -0.465 e. The van der Waals surface area contributed by atoms with Gasteiger partial charge in [-0.05, 0) is 58.0 Å². The van der Waals surface area contributed by atoms with Crippen LogP contribution >= 0.6 is 0 Å². The summed E-state index contributed by atoms with van der Waals surface area (Å²) in [6.07, 6.45) is 4.32. The van der Waals surface area contributed by atoms with Gasteiger partial charge in [0.05, 0.1) is 30.3 Å². The van der Waals surface area contributed by atoms with Gasteiger partial charge in [0.15, 0.2) is 0 Å². The molecule has 0 aliphatic rings. The van der Waals surface area contributed by atoms with Crippen LogP contribution < -0.4 is 5.56 Å². The first-order valence-corrected chi connectivity index (χ1v) is 17.4. The largest absolute Gasteiger partial charge is 0.465 e. The van der Waals surface area contributed by atoms with E-state index in [2.05, 4.69) is 106 Å². The summed E-state index contributed by atoms with van der Waals surface area (Å²) >= 11 is 0. The van der Waals surface area contributed by atoms with Crippen LogP contribution in [-0.4, -0.2) is 43.3 Å². The molecular weight excluding hydrogens is 649 g/mol. The van der Waals surface area contributed by atoms with Crippen LogP contribution in [0.2, 0.25) is 0 Å². The van der Waals surface area contributed by atoms with Crippen molar-refractivity contribution >= 4 is 5.97 Å². The molecule has 0 saturated carbocycles. The van der Waals surface area contributed by atoms with Crippen molar-refractivity contribution in [3.63, 3.8) is 0 Å². The van der Waals surface area contributed by atoms with Crippen molar-refractivity contribution in [1.82, 2.24) is 30.2 Å². The van der Waals surface area contributed by atoms with E-state index in [4.69, 9.17) is 9.72 Å². The Morgan fingerprint density at radius 1 is 0.788 bits per heavy atom. The molecule has 0 unspecified atom stereocenters. The van der Waals surface area contributed by atoms with E-state index in [1.165, 1.54) is 13.2 Å². The van der Waals surface area contributed by atoms with Crippen LogP contribution in [0.1, 0.15) is 63.6 Å². The number of rotatable bonds is 12. The molecule has 52 heavy (non-hydrogen) atoms. The number of nitrogens with zero attached hydrogens (tertiary/aromatic N) is 5. The van der Waals surface area contributed by atoms with Crippen LogP contribution in [-0.2, 0) is 23.1 Å². The predicted octanol–water partition coefficient (Wildman–Crippen LogP) is 7.65. The molecule has 0 bridgehead atoms. The summed E-state index contributed by atoms with van der Waals surface area (Å²) < 4.78 is 6.62. The average Bonchev–Trinajstić information content (AvgIpc) is 3.75. The van der Waals surface area contributed by atoms with Crippen LogP contribution in [0.4, 0.5) is 0 Å². The first-order valence-electron chi connectivity index (χ1n) is 17.4. The summed E-state index contributed by atoms with van der Waals surface area (Å²) in [7, 11) is 1.32. The van der Waals surface area contributed by atoms with E-state index in [0.717, 1.165) is 63.2 Å². The lowest BCUT2D eigenvalue weighted by Gasteiger charge is -2.39. The summed E-state index contributed by atoms with van der Waals surface area (Å²) in [5.41, 5.74) is 7.43. The normalized spacial score (nSPS) is 11.3. The van der Waals surface area contributed by atoms with Crippen LogP contribution in [0.15, 0.2) is 144 Å². The zero-order valence-corrected chi connectivity index (χ0v) is 29.1. The number of aromatic nitrogens is 6. The third-order valence-electron chi connectivity index (χ3n) is 9.51. The highest BCUT2D eigenvalue weighted by Crippen LogP contribution is 2.51. The van der Waals surface area contributed by atoms with Crippen LogP contribution in [0.5, 0.6) is 0 Å². The number of aromatic amines is 1. The molecule has 9 heteroatoms. The Balaban J connectivity index is 1.43. The molecule has 0 amide bonds. The number of methoxy groups -OCH3 is 1. The lowest BCUT2D eigenvalue weighted by Crippen LogP contribution is -2.32. The number of hydrogen-bond donors (Lipinski definition) is 1. The van der Waals surface area contributed by atoms with Crippen molar-refractivity contribution in [1.29, 1.82) is 0 Å². The second-order valence-corrected chi connectivity index (χ2v) is 12.6. The molecule has 0 aliphatic heterocycles. The molecule has 0 fully saturated rings. The van der Waals surface area contributed by atoms with E-state index in [0.29, 0.717) is 18.8 Å². The molecule has 0 spiro atoms. The summed E-state index contributed by atoms with van der Waals surface area (Å²) in [5, 5.41) is 15.5. The van der Waals surface area contributed by atoms with E-state index in [9.17, 15) is 9.59 Å². The maximum Gasteiger partial charge on any atom is 0.338 e. The lowest BCUT2D eigenvalue weighted by molar-refractivity contribution is 0.0600. The standard InChI is InChI=1S/C43H38N6O3/c1-3-4-21-35-26-31(42(51)52-2)27-39(50)49(35)29-30-24-25-38(44-28-30)36-22-14-23-37(41-45-47-48-46-41)40(36)43(32-15-8-5-9-16-32,33-17-10-6-11-18-33)34-19-12-7-13-20-34/h5-20,22-28H,3-4,21,29H2,1-2H3,(H,45,46,47,48). The van der Waals surface area contributed by atoms with Crippen LogP contribution in [0.25, 0.3) is 22.6 Å². The number of carbonyl (C=O) groups is 1. The first-order chi connectivity index (χ1) is 25.5. The van der Waals surface area contributed by atoms with Crippen LogP contribution in [0.3, 0.4) is 0 Å². The van der Waals surface area contributed by atoms with E-state index in [1.54, 1.807) is 10.6 Å². The van der Waals surface area contributed by atoms with Crippen LogP contribution in [0, 0.1) is 0 Å². The molecule has 3 aromatic heterocycles. The van der Waals surface area contributed by atoms with Crippen molar-refractivity contribution < 1.29 is 9.53 Å². The van der Waals surface area contributed by atoms with Gasteiger partial charge in [0.25, 0.3) is 5.56 Å². The Bertz CT molecular complexity index is 2230. The number of nitrogens with one attached hydrogen (secondary N) is 1. The number of unbranched alkanes of at least 4 members (excludes halogenated alkanes) is 1. The third kappa shape index (κ3) is 6.44. The van der Waals surface area contributed by atoms with E-state index in [1.807, 2.05) is 48.7 Å². The maximum atomic E-state index is 13.4. The van der Waals surface area contributed by atoms with Gasteiger partial charge in [0.2, 0.25) is 5.82 Å². The quantitative estimate of drug-likeness (QED) is 0.104. The van der Waals surface area contributed by atoms with Gasteiger partial charge in [-0.1, -0.05) is 129 Å². The molecule has 7 rings (SSSR count). The first kappa shape index (κ1) is 34.0.